The molecule has 136 valence electrons. The van der Waals surface area contributed by atoms with Gasteiger partial charge in [0.15, 0.2) is 0 Å². The van der Waals surface area contributed by atoms with Gasteiger partial charge >= 0.3 is 0 Å². The molecule has 1 heterocycles. The Bertz CT molecular complexity index is 832. The molecular formula is C17H21BrN2O3S2. The van der Waals surface area contributed by atoms with E-state index < -0.39 is 10.0 Å². The Hall–Kier alpha value is -1.22. The molecule has 0 atom stereocenters. The number of aryl methyl sites for hydroxylation is 1. The van der Waals surface area contributed by atoms with Crippen molar-refractivity contribution in [2.45, 2.75) is 30.7 Å². The molecule has 0 spiro atoms. The fourth-order valence-corrected chi connectivity index (χ4v) is 4.93. The van der Waals surface area contributed by atoms with Crippen LogP contribution in [0.5, 0.6) is 0 Å². The molecule has 0 saturated carbocycles. The van der Waals surface area contributed by atoms with Gasteiger partial charge in [0.25, 0.3) is 0 Å². The molecule has 0 saturated heterocycles. The zero-order valence-corrected chi connectivity index (χ0v) is 17.4. The van der Waals surface area contributed by atoms with E-state index in [0.717, 1.165) is 16.6 Å². The second kappa shape index (κ2) is 8.93. The number of benzene rings is 1. The Labute approximate surface area is 161 Å². The number of nitrogens with one attached hydrogen (secondary N) is 1. The topological polar surface area (TPSA) is 66.5 Å². The quantitative estimate of drug-likeness (QED) is 0.678. The average Bonchev–Trinajstić information content (AvgIpc) is 2.98. The average molecular weight is 445 g/mol. The summed E-state index contributed by atoms with van der Waals surface area (Å²) in [5.41, 5.74) is 0.590. The molecular weight excluding hydrogens is 424 g/mol. The van der Waals surface area contributed by atoms with Crippen LogP contribution >= 0.6 is 27.3 Å². The van der Waals surface area contributed by atoms with Gasteiger partial charge in [-0.15, -0.1) is 11.3 Å². The Morgan fingerprint density at radius 1 is 1.20 bits per heavy atom. The summed E-state index contributed by atoms with van der Waals surface area (Å²) in [6.45, 7) is 0.201. The molecule has 0 aliphatic rings. The largest absolute Gasteiger partial charge is 0.352 e. The predicted molar refractivity (Wildman–Crippen MR) is 104 cm³/mol. The maximum Gasteiger partial charge on any atom is 0.242 e. The van der Waals surface area contributed by atoms with Crippen LogP contribution < -0.4 is 5.32 Å². The lowest BCUT2D eigenvalue weighted by atomic mass is 10.2. The number of amides is 1. The summed E-state index contributed by atoms with van der Waals surface area (Å²) in [6, 6.07) is 10.8. The van der Waals surface area contributed by atoms with Crippen LogP contribution in [0.3, 0.4) is 0 Å². The number of halogens is 1. The lowest BCUT2D eigenvalue weighted by Gasteiger charge is -2.15. The van der Waals surface area contributed by atoms with Crippen molar-refractivity contribution >= 4 is 43.2 Å². The van der Waals surface area contributed by atoms with Crippen LogP contribution in [0.4, 0.5) is 0 Å². The van der Waals surface area contributed by atoms with E-state index in [4.69, 9.17) is 0 Å². The molecule has 1 aromatic heterocycles. The number of carbonyl (C=O) groups excluding carboxylic acids is 1. The van der Waals surface area contributed by atoms with E-state index in [1.165, 1.54) is 23.3 Å². The minimum Gasteiger partial charge on any atom is -0.352 e. The van der Waals surface area contributed by atoms with Gasteiger partial charge in [-0.3, -0.25) is 4.79 Å². The van der Waals surface area contributed by atoms with Crippen LogP contribution in [-0.2, 0) is 27.8 Å². The van der Waals surface area contributed by atoms with Crippen molar-refractivity contribution in [2.75, 3.05) is 14.1 Å². The second-order valence-corrected chi connectivity index (χ2v) is 10.4. The van der Waals surface area contributed by atoms with E-state index in [1.807, 2.05) is 6.07 Å². The van der Waals surface area contributed by atoms with Crippen molar-refractivity contribution in [2.24, 2.45) is 0 Å². The van der Waals surface area contributed by atoms with E-state index in [2.05, 4.69) is 27.3 Å². The van der Waals surface area contributed by atoms with Gasteiger partial charge in [0, 0.05) is 31.9 Å². The maximum absolute atomic E-state index is 12.3. The summed E-state index contributed by atoms with van der Waals surface area (Å²) in [7, 11) is -0.540. The first-order valence-corrected chi connectivity index (χ1v) is 10.9. The molecule has 1 N–H and O–H groups in total. The second-order valence-electron chi connectivity index (χ2n) is 5.73. The molecule has 0 aliphatic carbocycles. The smallest absolute Gasteiger partial charge is 0.242 e. The third kappa shape index (κ3) is 5.64. The van der Waals surface area contributed by atoms with Crippen molar-refractivity contribution in [1.29, 1.82) is 0 Å². The van der Waals surface area contributed by atoms with Crippen LogP contribution in [-0.4, -0.2) is 32.7 Å². The highest BCUT2D eigenvalue weighted by atomic mass is 79.9. The minimum absolute atomic E-state index is 0.0762. The molecule has 1 amide bonds. The van der Waals surface area contributed by atoms with Gasteiger partial charge in [0.05, 0.1) is 8.68 Å². The van der Waals surface area contributed by atoms with Gasteiger partial charge < -0.3 is 5.32 Å². The van der Waals surface area contributed by atoms with E-state index in [1.54, 1.807) is 35.6 Å². The first-order valence-electron chi connectivity index (χ1n) is 7.82. The molecule has 0 fully saturated rings. The molecule has 0 unspecified atom stereocenters. The molecule has 0 bridgehead atoms. The van der Waals surface area contributed by atoms with E-state index >= 15 is 0 Å². The zero-order valence-electron chi connectivity index (χ0n) is 14.2. The third-order valence-corrected chi connectivity index (χ3v) is 7.26. The Morgan fingerprint density at radius 3 is 2.56 bits per heavy atom. The summed E-state index contributed by atoms with van der Waals surface area (Å²) in [4.78, 5) is 13.5. The first kappa shape index (κ1) is 20.1. The van der Waals surface area contributed by atoms with Crippen LogP contribution in [0.1, 0.15) is 23.3 Å². The summed E-state index contributed by atoms with van der Waals surface area (Å²) in [5, 5.41) is 2.81. The molecule has 0 aliphatic heterocycles. The molecule has 2 aromatic rings. The fraction of sp³-hybridized carbons (Fsp3) is 0.353. The van der Waals surface area contributed by atoms with E-state index in [0.29, 0.717) is 12.0 Å². The summed E-state index contributed by atoms with van der Waals surface area (Å²) in [6.07, 6.45) is 2.03. The minimum atomic E-state index is -3.53. The highest BCUT2D eigenvalue weighted by Gasteiger charge is 2.20. The lowest BCUT2D eigenvalue weighted by molar-refractivity contribution is -0.121. The number of thiophene rings is 1. The Morgan fingerprint density at radius 2 is 1.92 bits per heavy atom. The molecule has 8 heteroatoms. The number of hydrogen-bond donors (Lipinski definition) is 1. The van der Waals surface area contributed by atoms with Crippen molar-refractivity contribution in [1.82, 2.24) is 9.62 Å². The number of sulfonamides is 1. The van der Waals surface area contributed by atoms with Gasteiger partial charge in [0.2, 0.25) is 15.9 Å². The van der Waals surface area contributed by atoms with Crippen molar-refractivity contribution in [3.05, 3.63) is 50.6 Å². The summed E-state index contributed by atoms with van der Waals surface area (Å²) in [5.74, 6) is -0.0762. The monoisotopic (exact) mass is 444 g/mol. The van der Waals surface area contributed by atoms with Crippen LogP contribution in [0.2, 0.25) is 0 Å². The fourth-order valence-electron chi connectivity index (χ4n) is 2.29. The van der Waals surface area contributed by atoms with Gasteiger partial charge in [0.1, 0.15) is 0 Å². The molecule has 0 radical (unpaired) electrons. The number of rotatable bonds is 8. The standard InChI is InChI=1S/C17H21BrN2O3S2/c1-20(2)25(22,23)15-8-4-3-6-13(15)12-19-17(21)9-5-7-14-10-11-16(18)24-14/h3-4,6,8,10-11H,5,7,9,12H2,1-2H3,(H,19,21). The molecule has 2 rings (SSSR count). The summed E-state index contributed by atoms with van der Waals surface area (Å²) < 4.78 is 26.9. The third-order valence-electron chi connectivity index (χ3n) is 3.66. The van der Waals surface area contributed by atoms with Gasteiger partial charge in [-0.1, -0.05) is 18.2 Å². The van der Waals surface area contributed by atoms with Gasteiger partial charge in [-0.25, -0.2) is 12.7 Å². The van der Waals surface area contributed by atoms with Crippen molar-refractivity contribution in [3.8, 4) is 0 Å². The molecule has 1 aromatic carbocycles. The zero-order chi connectivity index (χ0) is 18.4. The van der Waals surface area contributed by atoms with Gasteiger partial charge in [-0.2, -0.15) is 0 Å². The van der Waals surface area contributed by atoms with Gasteiger partial charge in [-0.05, 0) is 52.5 Å². The lowest BCUT2D eigenvalue weighted by Crippen LogP contribution is -2.27. The normalized spacial score (nSPS) is 11.7. The first-order chi connectivity index (χ1) is 11.8. The molecule has 5 nitrogen and oxygen atoms in total. The SMILES string of the molecule is CN(C)S(=O)(=O)c1ccccc1CNC(=O)CCCc1ccc(Br)s1. The maximum atomic E-state index is 12.3. The van der Waals surface area contributed by atoms with Crippen LogP contribution in [0.15, 0.2) is 45.1 Å². The number of hydrogen-bond acceptors (Lipinski definition) is 4. The Balaban J connectivity index is 1.90. The number of nitrogens with zero attached hydrogens (tertiary/aromatic N) is 1. The van der Waals surface area contributed by atoms with Crippen molar-refractivity contribution < 1.29 is 13.2 Å². The highest BCUT2D eigenvalue weighted by molar-refractivity contribution is 9.11. The van der Waals surface area contributed by atoms with Crippen LogP contribution in [0, 0.1) is 0 Å². The van der Waals surface area contributed by atoms with Crippen molar-refractivity contribution in [3.63, 3.8) is 0 Å². The van der Waals surface area contributed by atoms with Crippen LogP contribution in [0.25, 0.3) is 0 Å². The number of carbonyl (C=O) groups is 1. The van der Waals surface area contributed by atoms with E-state index in [9.17, 15) is 13.2 Å². The van der Waals surface area contributed by atoms with E-state index in [-0.39, 0.29) is 17.3 Å². The predicted octanol–water partition coefficient (Wildman–Crippen LogP) is 3.40. The molecule has 25 heavy (non-hydrogen) atoms. The highest BCUT2D eigenvalue weighted by Crippen LogP contribution is 2.23. The Kier molecular flexibility index (Phi) is 7.18. The summed E-state index contributed by atoms with van der Waals surface area (Å²) >= 11 is 5.09.